The van der Waals surface area contributed by atoms with Gasteiger partial charge in [-0.3, -0.25) is 4.79 Å². The van der Waals surface area contributed by atoms with Gasteiger partial charge in [0.05, 0.1) is 0 Å². The van der Waals surface area contributed by atoms with E-state index in [2.05, 4.69) is 6.92 Å². The second-order valence-corrected chi connectivity index (χ2v) is 5.00. The molecule has 2 N–H and O–H groups in total. The van der Waals surface area contributed by atoms with Gasteiger partial charge in [-0.2, -0.15) is 0 Å². The molecule has 0 spiro atoms. The molecule has 16 heavy (non-hydrogen) atoms. The van der Waals surface area contributed by atoms with E-state index < -0.39 is 0 Å². The van der Waals surface area contributed by atoms with Gasteiger partial charge in [-0.25, -0.2) is 0 Å². The summed E-state index contributed by atoms with van der Waals surface area (Å²) in [5.74, 6) is 0.115. The molecule has 1 aliphatic heterocycles. The van der Waals surface area contributed by atoms with Crippen molar-refractivity contribution in [2.45, 2.75) is 13.3 Å². The summed E-state index contributed by atoms with van der Waals surface area (Å²) < 4.78 is 1.86. The maximum absolute atomic E-state index is 12.2. The Hall–Kier alpha value is -1.29. The van der Waals surface area contributed by atoms with E-state index >= 15 is 0 Å². The molecule has 88 valence electrons. The van der Waals surface area contributed by atoms with Crippen molar-refractivity contribution in [3.05, 3.63) is 24.0 Å². The molecule has 1 amide bonds. The van der Waals surface area contributed by atoms with Crippen LogP contribution in [0.3, 0.4) is 0 Å². The van der Waals surface area contributed by atoms with Crippen molar-refractivity contribution in [1.82, 2.24) is 9.47 Å². The second kappa shape index (κ2) is 3.94. The van der Waals surface area contributed by atoms with Crippen molar-refractivity contribution >= 4 is 5.91 Å². The van der Waals surface area contributed by atoms with Gasteiger partial charge in [0.1, 0.15) is 5.69 Å². The molecule has 1 fully saturated rings. The van der Waals surface area contributed by atoms with Crippen LogP contribution in [0.15, 0.2) is 18.3 Å². The van der Waals surface area contributed by atoms with Gasteiger partial charge in [-0.05, 0) is 30.5 Å². The third-order valence-electron chi connectivity index (χ3n) is 3.50. The first kappa shape index (κ1) is 11.2. The third-order valence-corrected chi connectivity index (χ3v) is 3.50. The lowest BCUT2D eigenvalue weighted by atomic mass is 9.90. The SMILES string of the molecule is Cn1cccc1C(=O)N1CCC(C)(CN)C1. The summed E-state index contributed by atoms with van der Waals surface area (Å²) in [6.07, 6.45) is 2.89. The summed E-state index contributed by atoms with van der Waals surface area (Å²) >= 11 is 0. The lowest BCUT2D eigenvalue weighted by Gasteiger charge is -2.22. The zero-order valence-corrected chi connectivity index (χ0v) is 9.94. The monoisotopic (exact) mass is 221 g/mol. The normalized spacial score (nSPS) is 25.1. The van der Waals surface area contributed by atoms with E-state index in [1.54, 1.807) is 0 Å². The molecular formula is C12H19N3O. The van der Waals surface area contributed by atoms with Gasteiger partial charge >= 0.3 is 0 Å². The topological polar surface area (TPSA) is 51.3 Å². The number of hydrogen-bond donors (Lipinski definition) is 1. The summed E-state index contributed by atoms with van der Waals surface area (Å²) in [6.45, 7) is 4.38. The highest BCUT2D eigenvalue weighted by atomic mass is 16.2. The standard InChI is InChI=1S/C12H19N3O/c1-12(8-13)5-7-15(9-12)11(16)10-4-3-6-14(10)2/h3-4,6H,5,7-9,13H2,1-2H3. The molecule has 0 aromatic carbocycles. The molecule has 2 heterocycles. The predicted octanol–water partition coefficient (Wildman–Crippen LogP) is 0.836. The van der Waals surface area contributed by atoms with Gasteiger partial charge in [0.15, 0.2) is 0 Å². The van der Waals surface area contributed by atoms with Gasteiger partial charge in [0.2, 0.25) is 0 Å². The maximum Gasteiger partial charge on any atom is 0.270 e. The van der Waals surface area contributed by atoms with Gasteiger partial charge in [0.25, 0.3) is 5.91 Å². The van der Waals surface area contributed by atoms with Crippen LogP contribution in [0.2, 0.25) is 0 Å². The Morgan fingerprint density at radius 3 is 2.88 bits per heavy atom. The van der Waals surface area contributed by atoms with Gasteiger partial charge in [-0.1, -0.05) is 6.92 Å². The number of nitrogens with two attached hydrogens (primary N) is 1. The summed E-state index contributed by atoms with van der Waals surface area (Å²) in [4.78, 5) is 14.1. The first-order chi connectivity index (χ1) is 7.56. The number of aromatic nitrogens is 1. The summed E-state index contributed by atoms with van der Waals surface area (Å²) in [7, 11) is 1.89. The first-order valence-corrected chi connectivity index (χ1v) is 5.66. The van der Waals surface area contributed by atoms with Crippen LogP contribution < -0.4 is 5.73 Å². The number of aryl methyl sites for hydroxylation is 1. The van der Waals surface area contributed by atoms with Crippen molar-refractivity contribution < 1.29 is 4.79 Å². The van der Waals surface area contributed by atoms with E-state index in [0.717, 1.165) is 25.2 Å². The highest BCUT2D eigenvalue weighted by Gasteiger charge is 2.35. The summed E-state index contributed by atoms with van der Waals surface area (Å²) in [5, 5.41) is 0. The van der Waals surface area contributed by atoms with Crippen molar-refractivity contribution in [2.75, 3.05) is 19.6 Å². The molecule has 0 aliphatic carbocycles. The minimum absolute atomic E-state index is 0.0980. The van der Waals surface area contributed by atoms with Crippen LogP contribution in [0, 0.1) is 5.41 Å². The van der Waals surface area contributed by atoms with E-state index in [4.69, 9.17) is 5.73 Å². The van der Waals surface area contributed by atoms with Crippen LogP contribution in [-0.4, -0.2) is 35.0 Å². The lowest BCUT2D eigenvalue weighted by Crippen LogP contribution is -2.35. The minimum atomic E-state index is 0.0980. The fourth-order valence-corrected chi connectivity index (χ4v) is 2.21. The molecule has 1 aliphatic rings. The molecule has 0 bridgehead atoms. The molecule has 2 rings (SSSR count). The van der Waals surface area contributed by atoms with E-state index in [1.165, 1.54) is 0 Å². The average molecular weight is 221 g/mol. The van der Waals surface area contributed by atoms with E-state index in [9.17, 15) is 4.79 Å². The van der Waals surface area contributed by atoms with Crippen LogP contribution in [0.4, 0.5) is 0 Å². The van der Waals surface area contributed by atoms with Crippen LogP contribution in [0.1, 0.15) is 23.8 Å². The Labute approximate surface area is 96.0 Å². The van der Waals surface area contributed by atoms with Crippen molar-refractivity contribution in [3.63, 3.8) is 0 Å². The average Bonchev–Trinajstić information content (AvgIpc) is 2.85. The van der Waals surface area contributed by atoms with Crippen LogP contribution in [-0.2, 0) is 7.05 Å². The largest absolute Gasteiger partial charge is 0.347 e. The molecule has 1 aromatic rings. The van der Waals surface area contributed by atoms with E-state index in [0.29, 0.717) is 6.54 Å². The number of rotatable bonds is 2. The molecule has 4 nitrogen and oxygen atoms in total. The van der Waals surface area contributed by atoms with E-state index in [-0.39, 0.29) is 11.3 Å². The molecular weight excluding hydrogens is 202 g/mol. The van der Waals surface area contributed by atoms with Crippen molar-refractivity contribution in [1.29, 1.82) is 0 Å². The van der Waals surface area contributed by atoms with Gasteiger partial charge in [0, 0.05) is 26.3 Å². The van der Waals surface area contributed by atoms with Crippen LogP contribution in [0.25, 0.3) is 0 Å². The highest BCUT2D eigenvalue weighted by molar-refractivity contribution is 5.93. The second-order valence-electron chi connectivity index (χ2n) is 5.00. The summed E-state index contributed by atoms with van der Waals surface area (Å²) in [6, 6.07) is 3.76. The van der Waals surface area contributed by atoms with Crippen LogP contribution in [0.5, 0.6) is 0 Å². The quantitative estimate of drug-likeness (QED) is 0.804. The lowest BCUT2D eigenvalue weighted by molar-refractivity contribution is 0.0767. The first-order valence-electron chi connectivity index (χ1n) is 5.66. The van der Waals surface area contributed by atoms with Gasteiger partial charge in [-0.15, -0.1) is 0 Å². The number of carbonyl (C=O) groups excluding carboxylic acids is 1. The smallest absolute Gasteiger partial charge is 0.270 e. The minimum Gasteiger partial charge on any atom is -0.347 e. The Morgan fingerprint density at radius 1 is 1.62 bits per heavy atom. The number of nitrogens with zero attached hydrogens (tertiary/aromatic N) is 2. The Balaban J connectivity index is 2.11. The molecule has 1 atom stereocenters. The molecule has 0 saturated carbocycles. The molecule has 4 heteroatoms. The Kier molecular flexibility index (Phi) is 2.76. The van der Waals surface area contributed by atoms with Crippen molar-refractivity contribution in [2.24, 2.45) is 18.2 Å². The number of amides is 1. The molecule has 1 saturated heterocycles. The fraction of sp³-hybridized carbons (Fsp3) is 0.583. The number of carbonyl (C=O) groups is 1. The number of hydrogen-bond acceptors (Lipinski definition) is 2. The number of likely N-dealkylation sites (tertiary alicyclic amines) is 1. The zero-order chi connectivity index (χ0) is 11.8. The Morgan fingerprint density at radius 2 is 2.38 bits per heavy atom. The Bertz CT molecular complexity index is 399. The zero-order valence-electron chi connectivity index (χ0n) is 9.94. The molecule has 0 radical (unpaired) electrons. The maximum atomic E-state index is 12.2. The fourth-order valence-electron chi connectivity index (χ4n) is 2.21. The van der Waals surface area contributed by atoms with Crippen molar-refractivity contribution in [3.8, 4) is 0 Å². The molecule has 1 aromatic heterocycles. The highest BCUT2D eigenvalue weighted by Crippen LogP contribution is 2.29. The predicted molar refractivity (Wildman–Crippen MR) is 63.1 cm³/mol. The third kappa shape index (κ3) is 1.85. The summed E-state index contributed by atoms with van der Waals surface area (Å²) in [5.41, 5.74) is 6.59. The molecule has 1 unspecified atom stereocenters. The van der Waals surface area contributed by atoms with Gasteiger partial charge < -0.3 is 15.2 Å². The van der Waals surface area contributed by atoms with Crippen LogP contribution >= 0.6 is 0 Å². The van der Waals surface area contributed by atoms with E-state index in [1.807, 2.05) is 34.8 Å².